The lowest BCUT2D eigenvalue weighted by molar-refractivity contribution is -0.143. The van der Waals surface area contributed by atoms with Crippen molar-refractivity contribution < 1.29 is 19.1 Å². The summed E-state index contributed by atoms with van der Waals surface area (Å²) in [4.78, 5) is 25.4. The maximum absolute atomic E-state index is 12.1. The van der Waals surface area contributed by atoms with E-state index in [-0.39, 0.29) is 18.1 Å². The Morgan fingerprint density at radius 1 is 1.24 bits per heavy atom. The molecule has 0 saturated carbocycles. The zero-order chi connectivity index (χ0) is 16.0. The van der Waals surface area contributed by atoms with Gasteiger partial charge in [0.25, 0.3) is 0 Å². The molecule has 6 nitrogen and oxygen atoms in total. The van der Waals surface area contributed by atoms with Crippen molar-refractivity contribution in [1.82, 2.24) is 10.2 Å². The van der Waals surface area contributed by atoms with Gasteiger partial charge in [0.05, 0.1) is 12.2 Å². The van der Waals surface area contributed by atoms with E-state index in [2.05, 4.69) is 5.32 Å². The van der Waals surface area contributed by atoms with Crippen LogP contribution >= 0.6 is 0 Å². The van der Waals surface area contributed by atoms with Crippen molar-refractivity contribution in [3.8, 4) is 0 Å². The van der Waals surface area contributed by atoms with Gasteiger partial charge in [-0.25, -0.2) is 4.79 Å². The summed E-state index contributed by atoms with van der Waals surface area (Å²) in [6.07, 6.45) is 0.756. The fourth-order valence-corrected chi connectivity index (χ4v) is 2.28. The molecule has 2 amide bonds. The second-order valence-electron chi connectivity index (χ2n) is 6.59. The molecule has 6 heteroatoms. The number of rotatable bonds is 4. The van der Waals surface area contributed by atoms with Gasteiger partial charge in [-0.2, -0.15) is 0 Å². The van der Waals surface area contributed by atoms with Crippen molar-refractivity contribution in [3.63, 3.8) is 0 Å². The van der Waals surface area contributed by atoms with Crippen LogP contribution in [-0.2, 0) is 14.3 Å². The third kappa shape index (κ3) is 7.32. The highest BCUT2D eigenvalue weighted by molar-refractivity contribution is 5.76. The van der Waals surface area contributed by atoms with E-state index in [9.17, 15) is 9.59 Å². The van der Waals surface area contributed by atoms with Crippen molar-refractivity contribution in [2.24, 2.45) is 0 Å². The van der Waals surface area contributed by atoms with E-state index in [1.54, 1.807) is 0 Å². The molecular formula is C15H28N2O4. The molecule has 1 saturated heterocycles. The van der Waals surface area contributed by atoms with Crippen molar-refractivity contribution in [3.05, 3.63) is 0 Å². The molecule has 1 aliphatic heterocycles. The van der Waals surface area contributed by atoms with Gasteiger partial charge in [0.1, 0.15) is 5.60 Å². The van der Waals surface area contributed by atoms with E-state index in [0.717, 1.165) is 0 Å². The molecule has 0 unspecified atom stereocenters. The summed E-state index contributed by atoms with van der Waals surface area (Å²) in [6, 6.07) is 0. The number of amides is 2. The zero-order valence-corrected chi connectivity index (χ0v) is 13.8. The highest BCUT2D eigenvalue weighted by Crippen LogP contribution is 2.12. The maximum Gasteiger partial charge on any atom is 0.407 e. The van der Waals surface area contributed by atoms with Crippen LogP contribution in [0.2, 0.25) is 0 Å². The van der Waals surface area contributed by atoms with Crippen LogP contribution in [-0.4, -0.2) is 54.3 Å². The van der Waals surface area contributed by atoms with Crippen molar-refractivity contribution in [2.75, 3.05) is 19.6 Å². The number of nitrogens with one attached hydrogen (secondary N) is 1. The van der Waals surface area contributed by atoms with E-state index in [4.69, 9.17) is 9.47 Å². The normalized spacial score (nSPS) is 22.8. The van der Waals surface area contributed by atoms with Crippen LogP contribution in [0.25, 0.3) is 0 Å². The Kier molecular flexibility index (Phi) is 6.45. The average Bonchev–Trinajstić information content (AvgIpc) is 2.31. The zero-order valence-electron chi connectivity index (χ0n) is 13.8. The summed E-state index contributed by atoms with van der Waals surface area (Å²) < 4.78 is 10.7. The maximum atomic E-state index is 12.1. The molecular weight excluding hydrogens is 272 g/mol. The van der Waals surface area contributed by atoms with Gasteiger partial charge in [-0.05, 0) is 41.0 Å². The summed E-state index contributed by atoms with van der Waals surface area (Å²) in [7, 11) is 0. The lowest BCUT2D eigenvalue weighted by atomic mass is 10.2. The topological polar surface area (TPSA) is 67.9 Å². The van der Waals surface area contributed by atoms with E-state index >= 15 is 0 Å². The molecule has 122 valence electrons. The lowest BCUT2D eigenvalue weighted by Crippen LogP contribution is -2.48. The Labute approximate surface area is 127 Å². The first-order valence-electron chi connectivity index (χ1n) is 7.57. The largest absolute Gasteiger partial charge is 0.444 e. The minimum Gasteiger partial charge on any atom is -0.444 e. The Morgan fingerprint density at radius 3 is 2.33 bits per heavy atom. The molecule has 0 aliphatic carbocycles. The number of hydrogen-bond acceptors (Lipinski definition) is 4. The van der Waals surface area contributed by atoms with Crippen LogP contribution < -0.4 is 5.32 Å². The van der Waals surface area contributed by atoms with Crippen LogP contribution in [0.5, 0.6) is 0 Å². The molecule has 1 fully saturated rings. The Balaban J connectivity index is 2.20. The van der Waals surface area contributed by atoms with Crippen molar-refractivity contribution in [2.45, 2.75) is 65.3 Å². The number of carbonyl (C=O) groups excluding carboxylic acids is 2. The van der Waals surface area contributed by atoms with E-state index in [1.165, 1.54) is 0 Å². The van der Waals surface area contributed by atoms with Gasteiger partial charge < -0.3 is 19.7 Å². The number of morpholine rings is 1. The van der Waals surface area contributed by atoms with Crippen LogP contribution in [0.15, 0.2) is 0 Å². The molecule has 1 N–H and O–H groups in total. The van der Waals surface area contributed by atoms with Crippen LogP contribution in [0.3, 0.4) is 0 Å². The second-order valence-corrected chi connectivity index (χ2v) is 6.59. The van der Waals surface area contributed by atoms with Gasteiger partial charge in [-0.15, -0.1) is 0 Å². The molecule has 0 aromatic heterocycles. The summed E-state index contributed by atoms with van der Waals surface area (Å²) in [6.45, 7) is 11.1. The molecule has 0 spiro atoms. The molecule has 0 bridgehead atoms. The van der Waals surface area contributed by atoms with Gasteiger partial charge in [-0.1, -0.05) is 0 Å². The molecule has 2 atom stereocenters. The third-order valence-corrected chi connectivity index (χ3v) is 3.01. The third-order valence-electron chi connectivity index (χ3n) is 3.01. The Bertz CT molecular complexity index is 355. The standard InChI is InChI=1S/C15H28N2O4/c1-11-9-17(10-12(2)20-11)13(18)7-6-8-16-14(19)21-15(3,4)5/h11-12H,6-10H2,1-5H3,(H,16,19)/t11-,12+. The number of alkyl carbamates (subject to hydrolysis) is 1. The summed E-state index contributed by atoms with van der Waals surface area (Å²) in [5.41, 5.74) is -0.500. The fraction of sp³-hybridized carbons (Fsp3) is 0.867. The predicted octanol–water partition coefficient (Wildman–Crippen LogP) is 1.93. The Morgan fingerprint density at radius 2 is 1.81 bits per heavy atom. The quantitative estimate of drug-likeness (QED) is 0.806. The number of carbonyl (C=O) groups is 2. The minimum atomic E-state index is -0.500. The van der Waals surface area contributed by atoms with Crippen LogP contribution in [0.4, 0.5) is 4.79 Å². The first kappa shape index (κ1) is 17.8. The molecule has 0 radical (unpaired) electrons. The Hall–Kier alpha value is -1.30. The fourth-order valence-electron chi connectivity index (χ4n) is 2.28. The second kappa shape index (κ2) is 7.64. The van der Waals surface area contributed by atoms with Gasteiger partial charge in [0.2, 0.25) is 5.91 Å². The first-order valence-corrected chi connectivity index (χ1v) is 7.57. The average molecular weight is 300 g/mol. The van der Waals surface area contributed by atoms with E-state index in [1.807, 2.05) is 39.5 Å². The van der Waals surface area contributed by atoms with Gasteiger partial charge >= 0.3 is 6.09 Å². The number of hydrogen-bond donors (Lipinski definition) is 1. The lowest BCUT2D eigenvalue weighted by Gasteiger charge is -2.35. The van der Waals surface area contributed by atoms with Gasteiger partial charge in [0.15, 0.2) is 0 Å². The smallest absolute Gasteiger partial charge is 0.407 e. The molecule has 1 heterocycles. The van der Waals surface area contributed by atoms with E-state index < -0.39 is 11.7 Å². The van der Waals surface area contributed by atoms with E-state index in [0.29, 0.717) is 32.5 Å². The molecule has 1 aliphatic rings. The van der Waals surface area contributed by atoms with Crippen LogP contribution in [0.1, 0.15) is 47.5 Å². The predicted molar refractivity (Wildman–Crippen MR) is 80.1 cm³/mol. The number of ether oxygens (including phenoxy) is 2. The molecule has 0 aromatic carbocycles. The van der Waals surface area contributed by atoms with Crippen LogP contribution in [0, 0.1) is 0 Å². The highest BCUT2D eigenvalue weighted by atomic mass is 16.6. The molecule has 0 aromatic rings. The summed E-state index contributed by atoms with van der Waals surface area (Å²) in [5.74, 6) is 0.114. The highest BCUT2D eigenvalue weighted by Gasteiger charge is 2.25. The van der Waals surface area contributed by atoms with Gasteiger partial charge in [-0.3, -0.25) is 4.79 Å². The monoisotopic (exact) mass is 300 g/mol. The number of nitrogens with zero attached hydrogens (tertiary/aromatic N) is 1. The molecule has 21 heavy (non-hydrogen) atoms. The molecule has 1 rings (SSSR count). The van der Waals surface area contributed by atoms with Crippen molar-refractivity contribution in [1.29, 1.82) is 0 Å². The van der Waals surface area contributed by atoms with Crippen molar-refractivity contribution >= 4 is 12.0 Å². The first-order chi connectivity index (χ1) is 9.67. The summed E-state index contributed by atoms with van der Waals surface area (Å²) >= 11 is 0. The minimum absolute atomic E-state index is 0.0811. The SMILES string of the molecule is C[C@@H]1CN(C(=O)CCCNC(=O)OC(C)(C)C)C[C@H](C)O1. The summed E-state index contributed by atoms with van der Waals surface area (Å²) in [5, 5.41) is 2.66. The van der Waals surface area contributed by atoms with Gasteiger partial charge in [0, 0.05) is 26.1 Å².